The van der Waals surface area contributed by atoms with E-state index in [0.717, 1.165) is 25.5 Å². The van der Waals surface area contributed by atoms with Crippen molar-refractivity contribution in [3.63, 3.8) is 0 Å². The Morgan fingerprint density at radius 1 is 0.800 bits per heavy atom. The highest BCUT2D eigenvalue weighted by atomic mass is 16.1. The van der Waals surface area contributed by atoms with Crippen LogP contribution in [-0.2, 0) is 17.6 Å². The van der Waals surface area contributed by atoms with Gasteiger partial charge in [0.15, 0.2) is 0 Å². The van der Waals surface area contributed by atoms with Crippen LogP contribution in [-0.4, -0.2) is 6.29 Å². The van der Waals surface area contributed by atoms with Gasteiger partial charge in [0, 0.05) is 6.42 Å². The number of benzene rings is 2. The molecular formula is C19H22O. The van der Waals surface area contributed by atoms with Crippen molar-refractivity contribution in [1.82, 2.24) is 0 Å². The van der Waals surface area contributed by atoms with Gasteiger partial charge in [-0.15, -0.1) is 0 Å². The Bertz CT molecular complexity index is 523. The van der Waals surface area contributed by atoms with Gasteiger partial charge in [0.2, 0.25) is 0 Å². The largest absolute Gasteiger partial charge is 0.303 e. The van der Waals surface area contributed by atoms with E-state index in [9.17, 15) is 4.79 Å². The van der Waals surface area contributed by atoms with Gasteiger partial charge in [-0.2, -0.15) is 0 Å². The van der Waals surface area contributed by atoms with E-state index in [1.807, 2.05) is 0 Å². The third-order valence-corrected chi connectivity index (χ3v) is 3.57. The Morgan fingerprint density at radius 2 is 1.30 bits per heavy atom. The number of hydrogen-bond acceptors (Lipinski definition) is 1. The molecular weight excluding hydrogens is 244 g/mol. The second kappa shape index (κ2) is 7.64. The van der Waals surface area contributed by atoms with E-state index in [2.05, 4.69) is 55.5 Å². The predicted molar refractivity (Wildman–Crippen MR) is 84.9 cm³/mol. The lowest BCUT2D eigenvalue weighted by Gasteiger charge is -2.05. The molecule has 2 rings (SSSR count). The summed E-state index contributed by atoms with van der Waals surface area (Å²) in [6.45, 7) is 2.21. The molecule has 0 spiro atoms. The minimum Gasteiger partial charge on any atom is -0.303 e. The summed E-state index contributed by atoms with van der Waals surface area (Å²) in [5, 5.41) is 0. The van der Waals surface area contributed by atoms with Crippen LogP contribution in [0, 0.1) is 0 Å². The average Bonchev–Trinajstić information content (AvgIpc) is 2.49. The molecule has 1 nitrogen and oxygen atoms in total. The lowest BCUT2D eigenvalue weighted by Crippen LogP contribution is -1.87. The molecule has 0 unspecified atom stereocenters. The fourth-order valence-corrected chi connectivity index (χ4v) is 2.41. The Hall–Kier alpha value is -1.89. The average molecular weight is 266 g/mol. The molecule has 0 amide bonds. The van der Waals surface area contributed by atoms with Crippen LogP contribution in [0.4, 0.5) is 0 Å². The second-order valence-corrected chi connectivity index (χ2v) is 5.20. The van der Waals surface area contributed by atoms with Crippen LogP contribution < -0.4 is 0 Å². The summed E-state index contributed by atoms with van der Waals surface area (Å²) in [6, 6.07) is 17.5. The zero-order chi connectivity index (χ0) is 14.2. The molecule has 0 fully saturated rings. The first kappa shape index (κ1) is 14.5. The van der Waals surface area contributed by atoms with Gasteiger partial charge in [-0.25, -0.2) is 0 Å². The monoisotopic (exact) mass is 266 g/mol. The SMILES string of the molecule is CCCc1ccc(-c2ccc(CCCC=O)cc2)cc1. The summed E-state index contributed by atoms with van der Waals surface area (Å²) >= 11 is 0. The van der Waals surface area contributed by atoms with Gasteiger partial charge < -0.3 is 4.79 Å². The Kier molecular flexibility index (Phi) is 5.55. The molecule has 0 atom stereocenters. The van der Waals surface area contributed by atoms with Gasteiger partial charge in [0.25, 0.3) is 0 Å². The van der Waals surface area contributed by atoms with Gasteiger partial charge in [-0.3, -0.25) is 0 Å². The summed E-state index contributed by atoms with van der Waals surface area (Å²) < 4.78 is 0. The molecule has 0 aromatic heterocycles. The minimum absolute atomic E-state index is 0.653. The summed E-state index contributed by atoms with van der Waals surface area (Å²) in [5.74, 6) is 0. The number of carbonyl (C=O) groups excluding carboxylic acids is 1. The normalized spacial score (nSPS) is 10.4. The van der Waals surface area contributed by atoms with Crippen molar-refractivity contribution >= 4 is 6.29 Å². The van der Waals surface area contributed by atoms with Crippen molar-refractivity contribution in [2.75, 3.05) is 0 Å². The lowest BCUT2D eigenvalue weighted by molar-refractivity contribution is -0.107. The minimum atomic E-state index is 0.653. The van der Waals surface area contributed by atoms with Crippen molar-refractivity contribution < 1.29 is 4.79 Å². The maximum atomic E-state index is 10.3. The number of aldehydes is 1. The Labute approximate surface area is 121 Å². The number of carbonyl (C=O) groups is 1. The number of unbranched alkanes of at least 4 members (excludes halogenated alkanes) is 1. The van der Waals surface area contributed by atoms with Crippen LogP contribution in [0.2, 0.25) is 0 Å². The molecule has 0 bridgehead atoms. The lowest BCUT2D eigenvalue weighted by atomic mass is 10.00. The van der Waals surface area contributed by atoms with E-state index in [1.54, 1.807) is 0 Å². The molecule has 2 aromatic rings. The smallest absolute Gasteiger partial charge is 0.120 e. The van der Waals surface area contributed by atoms with E-state index in [1.165, 1.54) is 28.7 Å². The van der Waals surface area contributed by atoms with Gasteiger partial charge in [-0.05, 0) is 41.5 Å². The molecule has 2 aromatic carbocycles. The number of aryl methyl sites for hydroxylation is 2. The molecule has 0 saturated carbocycles. The van der Waals surface area contributed by atoms with Crippen molar-refractivity contribution in [1.29, 1.82) is 0 Å². The third-order valence-electron chi connectivity index (χ3n) is 3.57. The van der Waals surface area contributed by atoms with Gasteiger partial charge in [0.1, 0.15) is 6.29 Å². The quantitative estimate of drug-likeness (QED) is 0.518. The van der Waals surface area contributed by atoms with E-state index in [0.29, 0.717) is 6.42 Å². The summed E-state index contributed by atoms with van der Waals surface area (Å²) in [4.78, 5) is 10.3. The van der Waals surface area contributed by atoms with Crippen LogP contribution in [0.1, 0.15) is 37.3 Å². The van der Waals surface area contributed by atoms with Gasteiger partial charge in [-0.1, -0.05) is 61.9 Å². The highest BCUT2D eigenvalue weighted by molar-refractivity contribution is 5.64. The van der Waals surface area contributed by atoms with Crippen LogP contribution >= 0.6 is 0 Å². The van der Waals surface area contributed by atoms with Crippen molar-refractivity contribution in [2.45, 2.75) is 39.0 Å². The molecule has 0 radical (unpaired) electrons. The van der Waals surface area contributed by atoms with Crippen LogP contribution in [0.5, 0.6) is 0 Å². The van der Waals surface area contributed by atoms with Crippen molar-refractivity contribution in [2.24, 2.45) is 0 Å². The topological polar surface area (TPSA) is 17.1 Å². The first-order valence-corrected chi connectivity index (χ1v) is 7.45. The molecule has 0 aliphatic rings. The fraction of sp³-hybridized carbons (Fsp3) is 0.316. The predicted octanol–water partition coefficient (Wildman–Crippen LogP) is 4.83. The molecule has 1 heteroatoms. The van der Waals surface area contributed by atoms with Crippen molar-refractivity contribution in [3.05, 3.63) is 59.7 Å². The zero-order valence-electron chi connectivity index (χ0n) is 12.1. The third kappa shape index (κ3) is 4.06. The number of rotatable bonds is 7. The second-order valence-electron chi connectivity index (χ2n) is 5.20. The molecule has 0 saturated heterocycles. The van der Waals surface area contributed by atoms with E-state index in [-0.39, 0.29) is 0 Å². The molecule has 0 aliphatic heterocycles. The standard InChI is InChI=1S/C19H22O/c1-2-5-16-7-11-18(12-8-16)19-13-9-17(10-14-19)6-3-4-15-20/h7-15H,2-6H2,1H3. The molecule has 0 N–H and O–H groups in total. The van der Waals surface area contributed by atoms with Crippen LogP contribution in [0.15, 0.2) is 48.5 Å². The molecule has 20 heavy (non-hydrogen) atoms. The van der Waals surface area contributed by atoms with E-state index < -0.39 is 0 Å². The number of hydrogen-bond donors (Lipinski definition) is 0. The first-order chi connectivity index (χ1) is 9.83. The molecule has 104 valence electrons. The zero-order valence-corrected chi connectivity index (χ0v) is 12.1. The Balaban J connectivity index is 2.03. The van der Waals surface area contributed by atoms with Gasteiger partial charge >= 0.3 is 0 Å². The summed E-state index contributed by atoms with van der Waals surface area (Å²) in [6.07, 6.45) is 5.90. The van der Waals surface area contributed by atoms with Crippen LogP contribution in [0.3, 0.4) is 0 Å². The van der Waals surface area contributed by atoms with E-state index >= 15 is 0 Å². The molecule has 0 aliphatic carbocycles. The maximum Gasteiger partial charge on any atom is 0.120 e. The van der Waals surface area contributed by atoms with Crippen LogP contribution in [0.25, 0.3) is 11.1 Å². The first-order valence-electron chi connectivity index (χ1n) is 7.45. The summed E-state index contributed by atoms with van der Waals surface area (Å²) in [7, 11) is 0. The molecule has 0 heterocycles. The fourth-order valence-electron chi connectivity index (χ4n) is 2.41. The highest BCUT2D eigenvalue weighted by Gasteiger charge is 1.99. The van der Waals surface area contributed by atoms with E-state index in [4.69, 9.17) is 0 Å². The highest BCUT2D eigenvalue weighted by Crippen LogP contribution is 2.21. The van der Waals surface area contributed by atoms with Gasteiger partial charge in [0.05, 0.1) is 0 Å². The Morgan fingerprint density at radius 3 is 1.75 bits per heavy atom. The summed E-state index contributed by atoms with van der Waals surface area (Å²) in [5.41, 5.74) is 5.23. The maximum absolute atomic E-state index is 10.3. The van der Waals surface area contributed by atoms with Crippen molar-refractivity contribution in [3.8, 4) is 11.1 Å².